The maximum atomic E-state index is 6.02. The largest absolute Gasteiger partial charge is 0.369 e. The van der Waals surface area contributed by atoms with Gasteiger partial charge in [0.25, 0.3) is 0 Å². The average molecular weight is 306 g/mol. The SMILES string of the molecule is NC1=NCC(c2ccc(Cl)cc2)N1c1ccc(Cl)cc1. The molecule has 0 bridgehead atoms. The first-order chi connectivity index (χ1) is 9.65. The lowest BCUT2D eigenvalue weighted by atomic mass is 10.1. The fourth-order valence-electron chi connectivity index (χ4n) is 2.35. The zero-order valence-corrected chi connectivity index (χ0v) is 12.1. The van der Waals surface area contributed by atoms with E-state index in [0.29, 0.717) is 17.5 Å². The summed E-state index contributed by atoms with van der Waals surface area (Å²) in [7, 11) is 0. The van der Waals surface area contributed by atoms with Crippen LogP contribution >= 0.6 is 23.2 Å². The summed E-state index contributed by atoms with van der Waals surface area (Å²) >= 11 is 11.9. The Morgan fingerprint density at radius 2 is 1.50 bits per heavy atom. The average Bonchev–Trinajstić information content (AvgIpc) is 2.83. The third kappa shape index (κ3) is 2.47. The molecule has 1 heterocycles. The van der Waals surface area contributed by atoms with Crippen molar-refractivity contribution in [2.24, 2.45) is 10.7 Å². The number of hydrogen-bond donors (Lipinski definition) is 1. The first-order valence-electron chi connectivity index (χ1n) is 6.25. The Kier molecular flexibility index (Phi) is 3.55. The second-order valence-electron chi connectivity index (χ2n) is 4.61. The number of benzene rings is 2. The number of halogens is 2. The molecule has 0 saturated carbocycles. The van der Waals surface area contributed by atoms with E-state index in [1.807, 2.05) is 53.4 Å². The van der Waals surface area contributed by atoms with E-state index in [4.69, 9.17) is 28.9 Å². The summed E-state index contributed by atoms with van der Waals surface area (Å²) in [4.78, 5) is 6.36. The quantitative estimate of drug-likeness (QED) is 0.915. The predicted molar refractivity (Wildman–Crippen MR) is 84.6 cm³/mol. The standard InChI is InChI=1S/C15H13Cl2N3/c16-11-3-1-10(2-4-11)14-9-19-15(18)20(14)13-7-5-12(17)6-8-13/h1-8,14H,9H2,(H2,18,19). The first-order valence-corrected chi connectivity index (χ1v) is 7.01. The van der Waals surface area contributed by atoms with Crippen molar-refractivity contribution >= 4 is 34.8 Å². The molecule has 1 atom stereocenters. The van der Waals surface area contributed by atoms with Gasteiger partial charge in [0, 0.05) is 15.7 Å². The highest BCUT2D eigenvalue weighted by Crippen LogP contribution is 2.32. The molecule has 1 unspecified atom stereocenters. The van der Waals surface area contributed by atoms with Gasteiger partial charge < -0.3 is 10.6 Å². The molecule has 3 rings (SSSR count). The molecule has 3 nitrogen and oxygen atoms in total. The fraction of sp³-hybridized carbons (Fsp3) is 0.133. The molecule has 0 fully saturated rings. The molecule has 0 amide bonds. The summed E-state index contributed by atoms with van der Waals surface area (Å²) < 4.78 is 0. The van der Waals surface area contributed by atoms with Crippen LogP contribution in [-0.2, 0) is 0 Å². The molecule has 1 aliphatic heterocycles. The lowest BCUT2D eigenvalue weighted by Crippen LogP contribution is -2.36. The van der Waals surface area contributed by atoms with E-state index in [9.17, 15) is 0 Å². The monoisotopic (exact) mass is 305 g/mol. The summed E-state index contributed by atoms with van der Waals surface area (Å²) in [6.45, 7) is 0.635. The summed E-state index contributed by atoms with van der Waals surface area (Å²) in [5.41, 5.74) is 8.14. The van der Waals surface area contributed by atoms with E-state index in [2.05, 4.69) is 4.99 Å². The van der Waals surface area contributed by atoms with Crippen LogP contribution in [0.15, 0.2) is 53.5 Å². The van der Waals surface area contributed by atoms with Crippen molar-refractivity contribution in [3.63, 3.8) is 0 Å². The molecular formula is C15H13Cl2N3. The van der Waals surface area contributed by atoms with Gasteiger partial charge in [0.15, 0.2) is 5.96 Å². The van der Waals surface area contributed by atoms with Gasteiger partial charge in [0.2, 0.25) is 0 Å². The highest BCUT2D eigenvalue weighted by atomic mass is 35.5. The highest BCUT2D eigenvalue weighted by Gasteiger charge is 2.28. The minimum atomic E-state index is 0.0912. The minimum absolute atomic E-state index is 0.0912. The van der Waals surface area contributed by atoms with Crippen LogP contribution in [0.1, 0.15) is 11.6 Å². The maximum absolute atomic E-state index is 6.02. The summed E-state index contributed by atoms with van der Waals surface area (Å²) in [6.07, 6.45) is 0. The van der Waals surface area contributed by atoms with Crippen LogP contribution in [0, 0.1) is 0 Å². The Morgan fingerprint density at radius 3 is 2.10 bits per heavy atom. The second kappa shape index (κ2) is 5.35. The fourth-order valence-corrected chi connectivity index (χ4v) is 2.60. The van der Waals surface area contributed by atoms with E-state index >= 15 is 0 Å². The molecule has 0 aliphatic carbocycles. The topological polar surface area (TPSA) is 41.6 Å². The van der Waals surface area contributed by atoms with Crippen molar-refractivity contribution in [1.29, 1.82) is 0 Å². The molecule has 0 radical (unpaired) electrons. The van der Waals surface area contributed by atoms with Crippen molar-refractivity contribution in [2.75, 3.05) is 11.4 Å². The van der Waals surface area contributed by atoms with E-state index in [0.717, 1.165) is 16.3 Å². The van der Waals surface area contributed by atoms with Gasteiger partial charge in [0.1, 0.15) is 0 Å². The van der Waals surface area contributed by atoms with E-state index in [1.165, 1.54) is 0 Å². The van der Waals surface area contributed by atoms with Gasteiger partial charge in [-0.2, -0.15) is 0 Å². The molecule has 2 aromatic rings. The molecule has 102 valence electrons. The van der Waals surface area contributed by atoms with Crippen molar-refractivity contribution in [3.8, 4) is 0 Å². The second-order valence-corrected chi connectivity index (χ2v) is 5.49. The summed E-state index contributed by atoms with van der Waals surface area (Å²) in [6, 6.07) is 15.4. The van der Waals surface area contributed by atoms with Crippen molar-refractivity contribution in [1.82, 2.24) is 0 Å². The van der Waals surface area contributed by atoms with Crippen LogP contribution < -0.4 is 10.6 Å². The smallest absolute Gasteiger partial charge is 0.196 e. The van der Waals surface area contributed by atoms with E-state index < -0.39 is 0 Å². The molecule has 2 aromatic carbocycles. The van der Waals surface area contributed by atoms with Crippen molar-refractivity contribution in [3.05, 3.63) is 64.1 Å². The molecule has 0 spiro atoms. The number of anilines is 1. The Balaban J connectivity index is 1.96. The van der Waals surface area contributed by atoms with Gasteiger partial charge in [-0.15, -0.1) is 0 Å². The predicted octanol–water partition coefficient (Wildman–Crippen LogP) is 3.87. The molecule has 1 aliphatic rings. The van der Waals surface area contributed by atoms with Gasteiger partial charge >= 0.3 is 0 Å². The number of hydrogen-bond acceptors (Lipinski definition) is 3. The normalized spacial score (nSPS) is 18.2. The molecular weight excluding hydrogens is 293 g/mol. The third-order valence-corrected chi connectivity index (χ3v) is 3.85. The Labute approximate surface area is 127 Å². The summed E-state index contributed by atoms with van der Waals surface area (Å²) in [5, 5.41) is 1.42. The lowest BCUT2D eigenvalue weighted by molar-refractivity contribution is 0.769. The third-order valence-electron chi connectivity index (χ3n) is 3.34. The number of guanidine groups is 1. The van der Waals surface area contributed by atoms with Crippen LogP contribution in [0.4, 0.5) is 5.69 Å². The van der Waals surface area contributed by atoms with Gasteiger partial charge in [0.05, 0.1) is 12.6 Å². The van der Waals surface area contributed by atoms with E-state index in [1.54, 1.807) is 0 Å². The Hall–Kier alpha value is -1.71. The first kappa shape index (κ1) is 13.3. The van der Waals surface area contributed by atoms with Crippen LogP contribution in [0.2, 0.25) is 10.0 Å². The molecule has 0 saturated heterocycles. The van der Waals surface area contributed by atoms with Crippen LogP contribution in [0.5, 0.6) is 0 Å². The number of aliphatic imine (C=N–C) groups is 1. The van der Waals surface area contributed by atoms with Crippen LogP contribution in [-0.4, -0.2) is 12.5 Å². The molecule has 20 heavy (non-hydrogen) atoms. The molecule has 2 N–H and O–H groups in total. The lowest BCUT2D eigenvalue weighted by Gasteiger charge is -2.26. The Bertz CT molecular complexity index is 635. The summed E-state index contributed by atoms with van der Waals surface area (Å²) in [5.74, 6) is 0.521. The van der Waals surface area contributed by atoms with Crippen molar-refractivity contribution in [2.45, 2.75) is 6.04 Å². The van der Waals surface area contributed by atoms with Crippen LogP contribution in [0.3, 0.4) is 0 Å². The van der Waals surface area contributed by atoms with Crippen LogP contribution in [0.25, 0.3) is 0 Å². The van der Waals surface area contributed by atoms with Crippen molar-refractivity contribution < 1.29 is 0 Å². The number of nitrogens with zero attached hydrogens (tertiary/aromatic N) is 2. The van der Waals surface area contributed by atoms with Gasteiger partial charge in [-0.25, -0.2) is 0 Å². The number of rotatable bonds is 2. The maximum Gasteiger partial charge on any atom is 0.196 e. The van der Waals surface area contributed by atoms with Gasteiger partial charge in [-0.05, 0) is 42.0 Å². The van der Waals surface area contributed by atoms with E-state index in [-0.39, 0.29) is 6.04 Å². The van der Waals surface area contributed by atoms with Gasteiger partial charge in [-0.3, -0.25) is 4.99 Å². The van der Waals surface area contributed by atoms with Gasteiger partial charge in [-0.1, -0.05) is 35.3 Å². The highest BCUT2D eigenvalue weighted by molar-refractivity contribution is 6.30. The molecule has 0 aromatic heterocycles. The number of nitrogens with two attached hydrogens (primary N) is 1. The Morgan fingerprint density at radius 1 is 0.950 bits per heavy atom. The molecule has 5 heteroatoms. The minimum Gasteiger partial charge on any atom is -0.369 e. The zero-order valence-electron chi connectivity index (χ0n) is 10.6. The zero-order chi connectivity index (χ0) is 14.1.